The second-order valence-corrected chi connectivity index (χ2v) is 10.7. The summed E-state index contributed by atoms with van der Waals surface area (Å²) in [5.74, 6) is -1.53. The third-order valence-corrected chi connectivity index (χ3v) is 7.24. The fourth-order valence-electron chi connectivity index (χ4n) is 2.47. The van der Waals surface area contributed by atoms with Crippen LogP contribution in [0.4, 0.5) is 18.9 Å². The molecule has 0 aliphatic heterocycles. The van der Waals surface area contributed by atoms with Crippen molar-refractivity contribution >= 4 is 60.8 Å². The highest BCUT2D eigenvalue weighted by atomic mass is 32.2. The molecule has 1 aromatic heterocycles. The monoisotopic (exact) mass is 486 g/mol. The molecule has 0 aliphatic rings. The van der Waals surface area contributed by atoms with Crippen molar-refractivity contribution < 1.29 is 26.4 Å². The molecule has 3 aromatic rings. The lowest BCUT2D eigenvalue weighted by molar-refractivity contribution is -0.129. The number of amides is 1. The Morgan fingerprint density at radius 1 is 1.16 bits per heavy atom. The van der Waals surface area contributed by atoms with Crippen molar-refractivity contribution in [2.45, 2.75) is 16.9 Å². The normalized spacial score (nSPS) is 12.5. The van der Waals surface area contributed by atoms with E-state index < -0.39 is 34.1 Å². The van der Waals surface area contributed by atoms with Crippen molar-refractivity contribution in [1.82, 2.24) is 4.98 Å². The molecule has 1 amide bonds. The van der Waals surface area contributed by atoms with Crippen LogP contribution in [0, 0.1) is 0 Å². The lowest BCUT2D eigenvalue weighted by atomic mass is 10.2. The number of nitrogens with one attached hydrogen (secondary N) is 1. The number of hydrogen-bond acceptors (Lipinski definition) is 6. The van der Waals surface area contributed by atoms with E-state index in [4.69, 9.17) is 0 Å². The van der Waals surface area contributed by atoms with Gasteiger partial charge in [-0.2, -0.15) is 13.2 Å². The van der Waals surface area contributed by atoms with Gasteiger partial charge in [-0.1, -0.05) is 42.1 Å². The first kappa shape index (κ1) is 23.3. The lowest BCUT2D eigenvalue weighted by Gasteiger charge is -2.04. The number of thioether (sulfide) groups is 1. The SMILES string of the molecule is O=C(CS(=O)(=O)C=Cc1ccccc1)Nc1ccc2nc(SCCC(F)(F)F)sc2c1. The zero-order chi connectivity index (χ0) is 22.5. The zero-order valence-corrected chi connectivity index (χ0v) is 18.4. The Kier molecular flexibility index (Phi) is 7.39. The van der Waals surface area contributed by atoms with E-state index in [1.165, 1.54) is 17.4 Å². The van der Waals surface area contributed by atoms with E-state index in [1.54, 1.807) is 42.5 Å². The Morgan fingerprint density at radius 2 is 1.90 bits per heavy atom. The van der Waals surface area contributed by atoms with Crippen LogP contribution < -0.4 is 5.32 Å². The van der Waals surface area contributed by atoms with Gasteiger partial charge >= 0.3 is 6.18 Å². The van der Waals surface area contributed by atoms with Gasteiger partial charge in [-0.05, 0) is 29.8 Å². The molecular formula is C20H17F3N2O3S3. The van der Waals surface area contributed by atoms with Gasteiger partial charge in [0.15, 0.2) is 14.2 Å². The van der Waals surface area contributed by atoms with E-state index in [9.17, 15) is 26.4 Å². The second kappa shape index (κ2) is 9.84. The molecule has 5 nitrogen and oxygen atoms in total. The van der Waals surface area contributed by atoms with Crippen LogP contribution in [0.3, 0.4) is 0 Å². The number of benzene rings is 2. The minimum atomic E-state index is -4.21. The number of hydrogen-bond donors (Lipinski definition) is 1. The fraction of sp³-hybridized carbons (Fsp3) is 0.200. The largest absolute Gasteiger partial charge is 0.389 e. The number of alkyl halides is 3. The Hall–Kier alpha value is -2.37. The summed E-state index contributed by atoms with van der Waals surface area (Å²) in [6.45, 7) is 0. The highest BCUT2D eigenvalue weighted by Gasteiger charge is 2.26. The second-order valence-electron chi connectivity index (χ2n) is 6.44. The first-order valence-corrected chi connectivity index (χ1v) is 12.5. The van der Waals surface area contributed by atoms with Crippen molar-refractivity contribution in [1.29, 1.82) is 0 Å². The van der Waals surface area contributed by atoms with Gasteiger partial charge in [0.25, 0.3) is 0 Å². The molecule has 0 atom stereocenters. The number of fused-ring (bicyclic) bond motifs is 1. The van der Waals surface area contributed by atoms with Gasteiger partial charge in [0, 0.05) is 16.8 Å². The van der Waals surface area contributed by atoms with Crippen molar-refractivity contribution in [2.75, 3.05) is 16.8 Å². The molecule has 0 radical (unpaired) electrons. The summed E-state index contributed by atoms with van der Waals surface area (Å²) >= 11 is 2.23. The lowest BCUT2D eigenvalue weighted by Crippen LogP contribution is -2.21. The van der Waals surface area contributed by atoms with E-state index in [2.05, 4.69) is 10.3 Å². The van der Waals surface area contributed by atoms with Crippen LogP contribution in [0.5, 0.6) is 0 Å². The summed E-state index contributed by atoms with van der Waals surface area (Å²) in [5.41, 5.74) is 1.68. The van der Waals surface area contributed by atoms with E-state index in [0.29, 0.717) is 25.8 Å². The zero-order valence-electron chi connectivity index (χ0n) is 15.9. The van der Waals surface area contributed by atoms with Crippen molar-refractivity contribution in [2.24, 2.45) is 0 Å². The summed E-state index contributed by atoms with van der Waals surface area (Å²) in [5, 5.41) is 3.53. The molecule has 0 fully saturated rings. The predicted octanol–water partition coefficient (Wildman–Crippen LogP) is 5.37. The number of halogens is 3. The Balaban J connectivity index is 1.60. The molecule has 2 aromatic carbocycles. The molecule has 0 unspecified atom stereocenters. The van der Waals surface area contributed by atoms with Crippen LogP contribution in [0.1, 0.15) is 12.0 Å². The molecule has 31 heavy (non-hydrogen) atoms. The molecule has 11 heteroatoms. The van der Waals surface area contributed by atoms with Crippen molar-refractivity contribution in [3.8, 4) is 0 Å². The number of nitrogens with zero attached hydrogens (tertiary/aromatic N) is 1. The smallest absolute Gasteiger partial charge is 0.325 e. The fourth-order valence-corrected chi connectivity index (χ4v) is 5.53. The van der Waals surface area contributed by atoms with E-state index in [-0.39, 0.29) is 5.75 Å². The van der Waals surface area contributed by atoms with Gasteiger partial charge in [0.1, 0.15) is 5.75 Å². The number of aromatic nitrogens is 1. The highest BCUT2D eigenvalue weighted by molar-refractivity contribution is 8.01. The molecular weight excluding hydrogens is 469 g/mol. The third-order valence-electron chi connectivity index (χ3n) is 3.86. The number of rotatable bonds is 8. The van der Waals surface area contributed by atoms with Crippen molar-refractivity contribution in [3.63, 3.8) is 0 Å². The van der Waals surface area contributed by atoms with Crippen LogP contribution >= 0.6 is 23.1 Å². The molecule has 164 valence electrons. The average molecular weight is 487 g/mol. The van der Waals surface area contributed by atoms with Gasteiger partial charge in [-0.25, -0.2) is 13.4 Å². The quantitative estimate of drug-likeness (QED) is 0.434. The first-order valence-electron chi connectivity index (χ1n) is 8.95. The minimum Gasteiger partial charge on any atom is -0.325 e. The van der Waals surface area contributed by atoms with Gasteiger partial charge in [-0.3, -0.25) is 4.79 Å². The molecule has 0 spiro atoms. The summed E-state index contributed by atoms with van der Waals surface area (Å²) < 4.78 is 62.3. The van der Waals surface area contributed by atoms with Crippen LogP contribution in [0.2, 0.25) is 0 Å². The minimum absolute atomic E-state index is 0.124. The van der Waals surface area contributed by atoms with Crippen LogP contribution in [0.25, 0.3) is 16.3 Å². The number of carbonyl (C=O) groups excluding carboxylic acids is 1. The third kappa shape index (κ3) is 7.67. The van der Waals surface area contributed by atoms with Crippen molar-refractivity contribution in [3.05, 3.63) is 59.5 Å². The molecule has 0 aliphatic carbocycles. The average Bonchev–Trinajstić information content (AvgIpc) is 3.08. The Morgan fingerprint density at radius 3 is 2.61 bits per heavy atom. The van der Waals surface area contributed by atoms with E-state index >= 15 is 0 Å². The molecule has 1 N–H and O–H groups in total. The summed E-state index contributed by atoms with van der Waals surface area (Å²) in [6, 6.07) is 13.6. The maximum absolute atomic E-state index is 12.3. The number of anilines is 1. The number of carbonyl (C=O) groups is 1. The predicted molar refractivity (Wildman–Crippen MR) is 119 cm³/mol. The topological polar surface area (TPSA) is 76.1 Å². The first-order chi connectivity index (χ1) is 14.6. The molecule has 3 rings (SSSR count). The maximum atomic E-state index is 12.3. The van der Waals surface area contributed by atoms with E-state index in [0.717, 1.165) is 17.2 Å². The van der Waals surface area contributed by atoms with E-state index in [1.807, 2.05) is 6.07 Å². The van der Waals surface area contributed by atoms with Gasteiger partial charge in [-0.15, -0.1) is 11.3 Å². The maximum Gasteiger partial charge on any atom is 0.389 e. The van der Waals surface area contributed by atoms with Gasteiger partial charge in [0.05, 0.1) is 16.6 Å². The van der Waals surface area contributed by atoms with Crippen LogP contribution in [-0.4, -0.2) is 37.0 Å². The molecule has 0 saturated heterocycles. The van der Waals surface area contributed by atoms with Gasteiger partial charge < -0.3 is 5.32 Å². The molecule has 0 saturated carbocycles. The molecule has 0 bridgehead atoms. The standard InChI is InChI=1S/C20H17F3N2O3S3/c21-20(22,23)9-10-29-19-25-16-7-6-15(12-17(16)30-19)24-18(26)13-31(27,28)11-8-14-4-2-1-3-5-14/h1-8,11-12H,9-10,13H2,(H,24,26). The van der Waals surface area contributed by atoms with Crippen LogP contribution in [-0.2, 0) is 14.6 Å². The highest BCUT2D eigenvalue weighted by Crippen LogP contribution is 2.33. The summed E-state index contributed by atoms with van der Waals surface area (Å²) in [6.07, 6.45) is -3.69. The van der Waals surface area contributed by atoms with Crippen LogP contribution in [0.15, 0.2) is 58.3 Å². The Bertz CT molecular complexity index is 1190. The Labute approximate surface area is 185 Å². The number of thiazole rings is 1. The summed E-state index contributed by atoms with van der Waals surface area (Å²) in [7, 11) is -3.76. The van der Waals surface area contributed by atoms with Gasteiger partial charge in [0.2, 0.25) is 5.91 Å². The summed E-state index contributed by atoms with van der Waals surface area (Å²) in [4.78, 5) is 16.4. The molecule has 1 heterocycles. The number of sulfone groups is 1.